The van der Waals surface area contributed by atoms with Crippen LogP contribution in [0.25, 0.3) is 0 Å². The molecule has 1 aliphatic heterocycles. The first-order valence-corrected chi connectivity index (χ1v) is 7.24. The van der Waals surface area contributed by atoms with E-state index in [4.69, 9.17) is 0 Å². The molecule has 1 saturated heterocycles. The van der Waals surface area contributed by atoms with Gasteiger partial charge in [0, 0.05) is 17.1 Å². The zero-order valence-corrected chi connectivity index (χ0v) is 12.8. The van der Waals surface area contributed by atoms with Crippen molar-refractivity contribution < 1.29 is 0 Å². The molecular formula is C15H32N2. The molecule has 1 heterocycles. The summed E-state index contributed by atoms with van der Waals surface area (Å²) >= 11 is 0. The number of rotatable bonds is 5. The minimum atomic E-state index is 0.260. The van der Waals surface area contributed by atoms with Gasteiger partial charge in [-0.25, -0.2) is 0 Å². The molecule has 0 saturated carbocycles. The van der Waals surface area contributed by atoms with Crippen molar-refractivity contribution in [1.29, 1.82) is 0 Å². The predicted molar refractivity (Wildman–Crippen MR) is 76.5 cm³/mol. The summed E-state index contributed by atoms with van der Waals surface area (Å²) in [6, 6.07) is 0.731. The average Bonchev–Trinajstić information content (AvgIpc) is 2.51. The fourth-order valence-corrected chi connectivity index (χ4v) is 2.96. The van der Waals surface area contributed by atoms with Gasteiger partial charge >= 0.3 is 0 Å². The molecule has 1 fully saturated rings. The van der Waals surface area contributed by atoms with Crippen LogP contribution in [0.5, 0.6) is 0 Å². The summed E-state index contributed by atoms with van der Waals surface area (Å²) in [6.07, 6.45) is 5.33. The smallest absolute Gasteiger partial charge is 0.0156 e. The molecule has 0 aromatic carbocycles. The van der Waals surface area contributed by atoms with Crippen LogP contribution in [0.1, 0.15) is 67.2 Å². The van der Waals surface area contributed by atoms with Crippen LogP contribution in [0.2, 0.25) is 0 Å². The third kappa shape index (κ3) is 4.97. The van der Waals surface area contributed by atoms with E-state index in [0.717, 1.165) is 12.6 Å². The largest absolute Gasteiger partial charge is 0.312 e. The highest BCUT2D eigenvalue weighted by Gasteiger charge is 2.34. The topological polar surface area (TPSA) is 15.3 Å². The zero-order valence-electron chi connectivity index (χ0n) is 12.8. The molecule has 2 heteroatoms. The number of likely N-dealkylation sites (tertiary alicyclic amines) is 1. The van der Waals surface area contributed by atoms with Gasteiger partial charge in [-0.2, -0.15) is 0 Å². The fraction of sp³-hybridized carbons (Fsp3) is 1.00. The molecule has 0 spiro atoms. The number of nitrogens with zero attached hydrogens (tertiary/aromatic N) is 1. The second kappa shape index (κ2) is 5.71. The minimum Gasteiger partial charge on any atom is -0.312 e. The predicted octanol–water partition coefficient (Wildman–Crippen LogP) is 3.42. The van der Waals surface area contributed by atoms with E-state index in [9.17, 15) is 0 Å². The highest BCUT2D eigenvalue weighted by molar-refractivity contribution is 4.90. The Kier molecular flexibility index (Phi) is 5.03. The van der Waals surface area contributed by atoms with E-state index in [0.29, 0.717) is 5.54 Å². The van der Waals surface area contributed by atoms with Crippen molar-refractivity contribution in [3.8, 4) is 0 Å². The van der Waals surface area contributed by atoms with Gasteiger partial charge in [0.2, 0.25) is 0 Å². The van der Waals surface area contributed by atoms with Crippen molar-refractivity contribution in [3.05, 3.63) is 0 Å². The highest BCUT2D eigenvalue weighted by atomic mass is 15.2. The molecular weight excluding hydrogens is 208 g/mol. The molecule has 1 rings (SSSR count). The lowest BCUT2D eigenvalue weighted by Crippen LogP contribution is -2.44. The third-order valence-corrected chi connectivity index (χ3v) is 3.95. The third-order valence-electron chi connectivity index (χ3n) is 3.95. The Hall–Kier alpha value is -0.0800. The van der Waals surface area contributed by atoms with Crippen LogP contribution in [-0.2, 0) is 0 Å². The summed E-state index contributed by atoms with van der Waals surface area (Å²) in [7, 11) is 0. The van der Waals surface area contributed by atoms with Crippen molar-refractivity contribution in [1.82, 2.24) is 10.2 Å². The van der Waals surface area contributed by atoms with E-state index < -0.39 is 0 Å². The monoisotopic (exact) mass is 240 g/mol. The van der Waals surface area contributed by atoms with Gasteiger partial charge in [0.25, 0.3) is 0 Å². The van der Waals surface area contributed by atoms with E-state index in [-0.39, 0.29) is 5.54 Å². The molecule has 0 aromatic rings. The Morgan fingerprint density at radius 2 is 1.94 bits per heavy atom. The quantitative estimate of drug-likeness (QED) is 0.741. The molecule has 0 aliphatic carbocycles. The van der Waals surface area contributed by atoms with E-state index in [2.05, 4.69) is 51.8 Å². The van der Waals surface area contributed by atoms with Crippen LogP contribution in [-0.4, -0.2) is 35.1 Å². The normalized spacial score (nSPS) is 22.9. The van der Waals surface area contributed by atoms with Crippen LogP contribution >= 0.6 is 0 Å². The van der Waals surface area contributed by atoms with Gasteiger partial charge in [-0.1, -0.05) is 0 Å². The molecule has 1 atom stereocenters. The molecule has 1 N–H and O–H groups in total. The van der Waals surface area contributed by atoms with Crippen molar-refractivity contribution in [2.45, 2.75) is 84.3 Å². The molecule has 1 aliphatic rings. The Morgan fingerprint density at radius 3 is 2.41 bits per heavy atom. The summed E-state index contributed by atoms with van der Waals surface area (Å²) in [4.78, 5) is 2.70. The van der Waals surface area contributed by atoms with E-state index in [1.807, 2.05) is 0 Å². The van der Waals surface area contributed by atoms with Crippen LogP contribution in [0.3, 0.4) is 0 Å². The first kappa shape index (κ1) is 15.0. The van der Waals surface area contributed by atoms with E-state index >= 15 is 0 Å². The Balaban J connectivity index is 2.23. The summed E-state index contributed by atoms with van der Waals surface area (Å²) in [5, 5.41) is 3.57. The first-order chi connectivity index (χ1) is 7.72. The molecule has 2 nitrogen and oxygen atoms in total. The number of hydrogen-bond donors (Lipinski definition) is 1. The van der Waals surface area contributed by atoms with Gasteiger partial charge in [0.05, 0.1) is 0 Å². The van der Waals surface area contributed by atoms with Crippen LogP contribution < -0.4 is 5.32 Å². The van der Waals surface area contributed by atoms with Crippen molar-refractivity contribution in [3.63, 3.8) is 0 Å². The van der Waals surface area contributed by atoms with Gasteiger partial charge in [-0.15, -0.1) is 0 Å². The lowest BCUT2D eigenvalue weighted by atomic mass is 9.99. The Labute approximate surface area is 108 Å². The van der Waals surface area contributed by atoms with E-state index in [1.165, 1.54) is 32.2 Å². The van der Waals surface area contributed by atoms with Crippen LogP contribution in [0.15, 0.2) is 0 Å². The minimum absolute atomic E-state index is 0.260. The SMILES string of the molecule is CC(CCCNC(C)(C)C)N1CCCC1(C)C. The maximum atomic E-state index is 3.57. The Bertz CT molecular complexity index is 228. The average molecular weight is 240 g/mol. The summed E-state index contributed by atoms with van der Waals surface area (Å²) in [5.41, 5.74) is 0.688. The number of hydrogen-bond acceptors (Lipinski definition) is 2. The molecule has 17 heavy (non-hydrogen) atoms. The van der Waals surface area contributed by atoms with Gasteiger partial charge in [0.15, 0.2) is 0 Å². The maximum absolute atomic E-state index is 3.57. The highest BCUT2D eigenvalue weighted by Crippen LogP contribution is 2.31. The summed E-state index contributed by atoms with van der Waals surface area (Å²) in [6.45, 7) is 16.3. The zero-order chi connectivity index (χ0) is 13.1. The second-order valence-corrected chi connectivity index (χ2v) is 7.28. The molecule has 0 bridgehead atoms. The van der Waals surface area contributed by atoms with Gasteiger partial charge < -0.3 is 5.32 Å². The lowest BCUT2D eigenvalue weighted by molar-refractivity contribution is 0.117. The Morgan fingerprint density at radius 1 is 1.29 bits per heavy atom. The van der Waals surface area contributed by atoms with Gasteiger partial charge in [-0.05, 0) is 80.3 Å². The lowest BCUT2D eigenvalue weighted by Gasteiger charge is -2.37. The van der Waals surface area contributed by atoms with Gasteiger partial charge in [0.1, 0.15) is 0 Å². The first-order valence-electron chi connectivity index (χ1n) is 7.24. The van der Waals surface area contributed by atoms with Crippen molar-refractivity contribution >= 4 is 0 Å². The fourth-order valence-electron chi connectivity index (χ4n) is 2.96. The van der Waals surface area contributed by atoms with Gasteiger partial charge in [-0.3, -0.25) is 4.90 Å². The van der Waals surface area contributed by atoms with Crippen LogP contribution in [0, 0.1) is 0 Å². The molecule has 102 valence electrons. The standard InChI is InChI=1S/C15H32N2/c1-13(9-7-11-16-14(2,3)4)17-12-8-10-15(17,5)6/h13,16H,7-12H2,1-6H3. The second-order valence-electron chi connectivity index (χ2n) is 7.28. The van der Waals surface area contributed by atoms with Crippen LogP contribution in [0.4, 0.5) is 0 Å². The maximum Gasteiger partial charge on any atom is 0.0156 e. The molecule has 0 radical (unpaired) electrons. The summed E-state index contributed by atoms with van der Waals surface area (Å²) in [5.74, 6) is 0. The van der Waals surface area contributed by atoms with Crippen molar-refractivity contribution in [2.75, 3.05) is 13.1 Å². The van der Waals surface area contributed by atoms with Crippen molar-refractivity contribution in [2.24, 2.45) is 0 Å². The molecule has 0 amide bonds. The summed E-state index contributed by atoms with van der Waals surface area (Å²) < 4.78 is 0. The number of nitrogens with one attached hydrogen (secondary N) is 1. The van der Waals surface area contributed by atoms with E-state index in [1.54, 1.807) is 0 Å². The molecule has 1 unspecified atom stereocenters. The molecule has 0 aromatic heterocycles.